The molecule has 0 aliphatic rings. The Labute approximate surface area is 114 Å². The minimum atomic E-state index is -0.763. The highest BCUT2D eigenvalue weighted by Crippen LogP contribution is 2.15. The summed E-state index contributed by atoms with van der Waals surface area (Å²) in [5.74, 6) is -0.652. The molecule has 0 heterocycles. The topological polar surface area (TPSA) is 69.6 Å². The molecular weight excluding hydrogens is 242 g/mol. The van der Waals surface area contributed by atoms with Gasteiger partial charge in [0.1, 0.15) is 0 Å². The zero-order valence-electron chi connectivity index (χ0n) is 11.4. The van der Waals surface area contributed by atoms with Crippen LogP contribution in [0.3, 0.4) is 0 Å². The van der Waals surface area contributed by atoms with E-state index in [4.69, 9.17) is 5.11 Å². The van der Waals surface area contributed by atoms with Crippen LogP contribution in [-0.2, 0) is 4.79 Å². The van der Waals surface area contributed by atoms with Crippen LogP contribution in [0.15, 0.2) is 30.3 Å². The van der Waals surface area contributed by atoms with E-state index in [2.05, 4.69) is 12.2 Å². The molecular formula is C15H23NO3. The monoisotopic (exact) mass is 265 g/mol. The van der Waals surface area contributed by atoms with E-state index < -0.39 is 5.97 Å². The van der Waals surface area contributed by atoms with Crippen molar-refractivity contribution in [1.82, 2.24) is 5.32 Å². The zero-order chi connectivity index (χ0) is 14.1. The molecule has 19 heavy (non-hydrogen) atoms. The predicted octanol–water partition coefficient (Wildman–Crippen LogP) is 2.20. The van der Waals surface area contributed by atoms with Crippen molar-refractivity contribution in [2.24, 2.45) is 5.92 Å². The minimum absolute atomic E-state index is 0.00985. The summed E-state index contributed by atoms with van der Waals surface area (Å²) in [5, 5.41) is 21.6. The van der Waals surface area contributed by atoms with Crippen molar-refractivity contribution < 1.29 is 15.0 Å². The molecule has 0 aliphatic carbocycles. The third-order valence-electron chi connectivity index (χ3n) is 3.20. The van der Waals surface area contributed by atoms with Gasteiger partial charge in [0.15, 0.2) is 0 Å². The number of hydrogen-bond donors (Lipinski definition) is 3. The molecule has 0 fully saturated rings. The number of hydrogen-bond acceptors (Lipinski definition) is 3. The molecule has 0 unspecified atom stereocenters. The molecule has 1 rings (SSSR count). The second-order valence-electron chi connectivity index (χ2n) is 4.81. The lowest BCUT2D eigenvalue weighted by Gasteiger charge is -2.21. The van der Waals surface area contributed by atoms with E-state index in [0.29, 0.717) is 6.54 Å². The number of rotatable bonds is 9. The van der Waals surface area contributed by atoms with Gasteiger partial charge in [-0.2, -0.15) is 0 Å². The van der Waals surface area contributed by atoms with Crippen LogP contribution in [0.4, 0.5) is 0 Å². The maximum atomic E-state index is 10.8. The maximum absolute atomic E-state index is 10.8. The van der Waals surface area contributed by atoms with Gasteiger partial charge in [0, 0.05) is 6.42 Å². The molecule has 0 aliphatic heterocycles. The van der Waals surface area contributed by atoms with Crippen molar-refractivity contribution in [3.8, 4) is 0 Å². The van der Waals surface area contributed by atoms with Gasteiger partial charge in [0.25, 0.3) is 0 Å². The van der Waals surface area contributed by atoms with Crippen LogP contribution in [0, 0.1) is 5.92 Å². The van der Waals surface area contributed by atoms with Crippen molar-refractivity contribution in [3.63, 3.8) is 0 Å². The molecule has 4 heteroatoms. The molecule has 0 radical (unpaired) electrons. The second kappa shape index (κ2) is 8.67. The Hall–Kier alpha value is -1.39. The Morgan fingerprint density at radius 2 is 2.00 bits per heavy atom. The number of benzene rings is 1. The molecule has 0 aromatic heterocycles. The Balaban J connectivity index is 2.53. The number of carbonyl (C=O) groups is 1. The van der Waals surface area contributed by atoms with Crippen molar-refractivity contribution in [1.29, 1.82) is 0 Å². The lowest BCUT2D eigenvalue weighted by Crippen LogP contribution is -2.30. The fourth-order valence-electron chi connectivity index (χ4n) is 2.21. The van der Waals surface area contributed by atoms with Crippen molar-refractivity contribution in [2.45, 2.75) is 32.2 Å². The predicted molar refractivity (Wildman–Crippen MR) is 74.9 cm³/mol. The molecule has 2 atom stereocenters. The standard InChI is InChI=1S/C15H23NO3/c1-2-6-12(9-15(18)19)10-16-14(11-17)13-7-4-3-5-8-13/h3-5,7-8,12,14,16-17H,2,6,9-11H2,1H3,(H,18,19)/t12-,14-/m0/s1. The molecule has 0 saturated carbocycles. The molecule has 1 aromatic rings. The molecule has 0 bridgehead atoms. The molecule has 4 nitrogen and oxygen atoms in total. The normalized spacial score (nSPS) is 14.0. The fourth-order valence-corrected chi connectivity index (χ4v) is 2.21. The lowest BCUT2D eigenvalue weighted by molar-refractivity contribution is -0.138. The van der Waals surface area contributed by atoms with Crippen LogP contribution in [0.25, 0.3) is 0 Å². The van der Waals surface area contributed by atoms with Crippen molar-refractivity contribution >= 4 is 5.97 Å². The van der Waals surface area contributed by atoms with E-state index in [1.165, 1.54) is 0 Å². The Bertz CT molecular complexity index is 367. The van der Waals surface area contributed by atoms with Gasteiger partial charge in [-0.1, -0.05) is 43.7 Å². The summed E-state index contributed by atoms with van der Waals surface area (Å²) in [6.45, 7) is 2.67. The van der Waals surface area contributed by atoms with E-state index in [0.717, 1.165) is 18.4 Å². The Kier molecular flexibility index (Phi) is 7.15. The summed E-state index contributed by atoms with van der Waals surface area (Å²) in [5.41, 5.74) is 1.02. The van der Waals surface area contributed by atoms with Crippen LogP contribution in [0.2, 0.25) is 0 Å². The number of aliphatic hydroxyl groups is 1. The third-order valence-corrected chi connectivity index (χ3v) is 3.20. The van der Waals surface area contributed by atoms with Gasteiger partial charge in [-0.15, -0.1) is 0 Å². The van der Waals surface area contributed by atoms with Crippen LogP contribution in [-0.4, -0.2) is 29.3 Å². The highest BCUT2D eigenvalue weighted by molar-refractivity contribution is 5.67. The molecule has 106 valence electrons. The summed E-state index contributed by atoms with van der Waals surface area (Å²) in [6, 6.07) is 9.58. The summed E-state index contributed by atoms with van der Waals surface area (Å²) < 4.78 is 0. The number of nitrogens with one attached hydrogen (secondary N) is 1. The van der Waals surface area contributed by atoms with E-state index in [-0.39, 0.29) is 25.0 Å². The first-order valence-electron chi connectivity index (χ1n) is 6.78. The molecule has 0 spiro atoms. The van der Waals surface area contributed by atoms with Crippen LogP contribution in [0.1, 0.15) is 37.8 Å². The molecule has 0 saturated heterocycles. The SMILES string of the molecule is CCC[C@H](CN[C@@H](CO)c1ccccc1)CC(=O)O. The zero-order valence-corrected chi connectivity index (χ0v) is 11.4. The van der Waals surface area contributed by atoms with Gasteiger partial charge in [0.05, 0.1) is 12.6 Å². The number of carboxylic acid groups (broad SMARTS) is 1. The quantitative estimate of drug-likeness (QED) is 0.640. The van der Waals surface area contributed by atoms with E-state index in [9.17, 15) is 9.90 Å². The van der Waals surface area contributed by atoms with Gasteiger partial charge in [-0.05, 0) is 24.4 Å². The highest BCUT2D eigenvalue weighted by Gasteiger charge is 2.15. The molecule has 1 aromatic carbocycles. The van der Waals surface area contributed by atoms with E-state index in [1.807, 2.05) is 30.3 Å². The summed E-state index contributed by atoms with van der Waals surface area (Å²) in [7, 11) is 0. The first-order valence-corrected chi connectivity index (χ1v) is 6.78. The Morgan fingerprint density at radius 3 is 2.53 bits per heavy atom. The largest absolute Gasteiger partial charge is 0.481 e. The van der Waals surface area contributed by atoms with Gasteiger partial charge in [-0.3, -0.25) is 4.79 Å². The van der Waals surface area contributed by atoms with E-state index >= 15 is 0 Å². The van der Waals surface area contributed by atoms with E-state index in [1.54, 1.807) is 0 Å². The van der Waals surface area contributed by atoms with Gasteiger partial charge < -0.3 is 15.5 Å². The average molecular weight is 265 g/mol. The fraction of sp³-hybridized carbons (Fsp3) is 0.533. The second-order valence-corrected chi connectivity index (χ2v) is 4.81. The summed E-state index contributed by atoms with van der Waals surface area (Å²) >= 11 is 0. The highest BCUT2D eigenvalue weighted by atomic mass is 16.4. The minimum Gasteiger partial charge on any atom is -0.481 e. The van der Waals surface area contributed by atoms with Gasteiger partial charge in [-0.25, -0.2) is 0 Å². The van der Waals surface area contributed by atoms with Crippen LogP contribution < -0.4 is 5.32 Å². The molecule has 3 N–H and O–H groups in total. The number of carboxylic acids is 1. The van der Waals surface area contributed by atoms with Gasteiger partial charge in [0.2, 0.25) is 0 Å². The van der Waals surface area contributed by atoms with Crippen molar-refractivity contribution in [3.05, 3.63) is 35.9 Å². The van der Waals surface area contributed by atoms with Crippen LogP contribution >= 0.6 is 0 Å². The van der Waals surface area contributed by atoms with Crippen LogP contribution in [0.5, 0.6) is 0 Å². The summed E-state index contributed by atoms with van der Waals surface area (Å²) in [6.07, 6.45) is 2.02. The maximum Gasteiger partial charge on any atom is 0.303 e. The lowest BCUT2D eigenvalue weighted by atomic mass is 9.98. The smallest absolute Gasteiger partial charge is 0.303 e. The Morgan fingerprint density at radius 1 is 1.32 bits per heavy atom. The first-order chi connectivity index (χ1) is 9.17. The number of aliphatic hydroxyl groups excluding tert-OH is 1. The summed E-state index contributed by atoms with van der Waals surface area (Å²) in [4.78, 5) is 10.8. The van der Waals surface area contributed by atoms with Gasteiger partial charge >= 0.3 is 5.97 Å². The average Bonchev–Trinajstić information content (AvgIpc) is 2.40. The molecule has 0 amide bonds. The first kappa shape index (κ1) is 15.7. The van der Waals surface area contributed by atoms with Crippen molar-refractivity contribution in [2.75, 3.05) is 13.2 Å². The third kappa shape index (κ3) is 5.85. The number of aliphatic carboxylic acids is 1.